The molecule has 2 aromatic rings. The molecule has 3 nitrogen and oxygen atoms in total. The average Bonchev–Trinajstić information content (AvgIpc) is 2.28. The molecule has 0 atom stereocenters. The molecule has 5 heteroatoms. The number of hydrogen-bond donors (Lipinski definition) is 1. The predicted octanol–water partition coefficient (Wildman–Crippen LogP) is 3.48. The molecule has 1 amide bonds. The van der Waals surface area contributed by atoms with Crippen molar-refractivity contribution in [3.8, 4) is 11.5 Å². The molecule has 0 heterocycles. The maximum atomic E-state index is 13.7. The van der Waals surface area contributed by atoms with Gasteiger partial charge in [-0.15, -0.1) is 0 Å². The summed E-state index contributed by atoms with van der Waals surface area (Å²) in [4.78, 5) is 11.2. The molecule has 0 aliphatic heterocycles. The lowest BCUT2D eigenvalue weighted by molar-refractivity contribution is 0.0994. The number of carbonyl (C=O) groups excluding carboxylic acids is 1. The molecule has 0 bridgehead atoms. The second kappa shape index (κ2) is 5.18. The van der Waals surface area contributed by atoms with Gasteiger partial charge < -0.3 is 10.5 Å². The van der Waals surface area contributed by atoms with Gasteiger partial charge >= 0.3 is 0 Å². The molecule has 92 valence electrons. The average molecular weight is 310 g/mol. The Kier molecular flexibility index (Phi) is 3.62. The van der Waals surface area contributed by atoms with E-state index in [1.807, 2.05) is 6.07 Å². The maximum Gasteiger partial charge on any atom is 0.255 e. The molecule has 0 fully saturated rings. The Morgan fingerprint density at radius 1 is 1.22 bits per heavy atom. The third-order valence-corrected chi connectivity index (χ3v) is 2.69. The van der Waals surface area contributed by atoms with Crippen molar-refractivity contribution >= 4 is 21.8 Å². The van der Waals surface area contributed by atoms with Gasteiger partial charge in [0.25, 0.3) is 5.91 Å². The first-order valence-electron chi connectivity index (χ1n) is 5.09. The minimum absolute atomic E-state index is 0.0839. The Hall–Kier alpha value is -1.88. The van der Waals surface area contributed by atoms with Gasteiger partial charge in [0.2, 0.25) is 0 Å². The Morgan fingerprint density at radius 3 is 2.50 bits per heavy atom. The topological polar surface area (TPSA) is 52.3 Å². The monoisotopic (exact) mass is 309 g/mol. The highest BCUT2D eigenvalue weighted by Crippen LogP contribution is 2.30. The van der Waals surface area contributed by atoms with E-state index in [-0.39, 0.29) is 11.3 Å². The number of nitrogens with two attached hydrogens (primary N) is 1. The van der Waals surface area contributed by atoms with Crippen LogP contribution < -0.4 is 10.5 Å². The van der Waals surface area contributed by atoms with Gasteiger partial charge in [-0.1, -0.05) is 34.1 Å². The highest BCUT2D eigenvalue weighted by molar-refractivity contribution is 9.10. The lowest BCUT2D eigenvalue weighted by Gasteiger charge is -2.10. The number of amides is 1. The maximum absolute atomic E-state index is 13.7. The highest BCUT2D eigenvalue weighted by atomic mass is 79.9. The van der Waals surface area contributed by atoms with Gasteiger partial charge in [0, 0.05) is 4.47 Å². The Morgan fingerprint density at radius 2 is 1.89 bits per heavy atom. The van der Waals surface area contributed by atoms with E-state index in [1.54, 1.807) is 24.3 Å². The van der Waals surface area contributed by atoms with Gasteiger partial charge in [0.15, 0.2) is 0 Å². The van der Waals surface area contributed by atoms with Crippen molar-refractivity contribution in [2.45, 2.75) is 0 Å². The van der Waals surface area contributed by atoms with Crippen LogP contribution in [0.1, 0.15) is 10.4 Å². The van der Waals surface area contributed by atoms with Gasteiger partial charge in [-0.3, -0.25) is 4.79 Å². The van der Waals surface area contributed by atoms with Crippen molar-refractivity contribution in [2.24, 2.45) is 5.73 Å². The predicted molar refractivity (Wildman–Crippen MR) is 69.1 cm³/mol. The molecule has 0 saturated carbocycles. The molecular formula is C13H9BrFNO2. The smallest absolute Gasteiger partial charge is 0.255 e. The van der Waals surface area contributed by atoms with Crippen LogP contribution in [0.3, 0.4) is 0 Å². The quantitative estimate of drug-likeness (QED) is 0.943. The zero-order valence-electron chi connectivity index (χ0n) is 9.19. The van der Waals surface area contributed by atoms with Crippen molar-refractivity contribution < 1.29 is 13.9 Å². The van der Waals surface area contributed by atoms with Crippen LogP contribution in [0, 0.1) is 5.82 Å². The molecule has 2 rings (SSSR count). The number of ether oxygens (including phenoxy) is 1. The van der Waals surface area contributed by atoms with Crippen LogP contribution in [0.4, 0.5) is 4.39 Å². The molecule has 2 aromatic carbocycles. The fourth-order valence-electron chi connectivity index (χ4n) is 1.49. The fourth-order valence-corrected chi connectivity index (χ4v) is 1.89. The Labute approximate surface area is 112 Å². The van der Waals surface area contributed by atoms with Gasteiger partial charge in [-0.05, 0) is 24.3 Å². The van der Waals surface area contributed by atoms with E-state index in [0.29, 0.717) is 10.2 Å². The molecule has 0 saturated heterocycles. The number of para-hydroxylation sites is 1. The lowest BCUT2D eigenvalue weighted by Crippen LogP contribution is -2.14. The number of carbonyl (C=O) groups is 1. The summed E-state index contributed by atoms with van der Waals surface area (Å²) < 4.78 is 19.6. The largest absolute Gasteiger partial charge is 0.456 e. The fraction of sp³-hybridized carbons (Fsp3) is 0. The Balaban J connectivity index is 2.46. The van der Waals surface area contributed by atoms with Crippen LogP contribution in [0.5, 0.6) is 11.5 Å². The van der Waals surface area contributed by atoms with Crippen LogP contribution in [-0.4, -0.2) is 5.91 Å². The van der Waals surface area contributed by atoms with Crippen molar-refractivity contribution in [3.63, 3.8) is 0 Å². The summed E-state index contributed by atoms with van der Waals surface area (Å²) in [5, 5.41) is 0. The summed E-state index contributed by atoms with van der Waals surface area (Å²) >= 11 is 3.14. The molecule has 0 aromatic heterocycles. The van der Waals surface area contributed by atoms with Crippen LogP contribution in [-0.2, 0) is 0 Å². The number of primary amides is 1. The number of benzene rings is 2. The number of halogens is 2. The first kappa shape index (κ1) is 12.6. The third-order valence-electron chi connectivity index (χ3n) is 2.24. The Bertz CT molecular complexity index is 587. The molecule has 2 N–H and O–H groups in total. The summed E-state index contributed by atoms with van der Waals surface area (Å²) in [6, 6.07) is 11.4. The summed E-state index contributed by atoms with van der Waals surface area (Å²) in [5.41, 5.74) is 4.88. The van der Waals surface area contributed by atoms with Crippen molar-refractivity contribution in [1.82, 2.24) is 0 Å². The van der Waals surface area contributed by atoms with Crippen LogP contribution in [0.15, 0.2) is 46.9 Å². The summed E-state index contributed by atoms with van der Waals surface area (Å²) in [6.45, 7) is 0. The molecule has 0 radical (unpaired) electrons. The molecule has 0 spiro atoms. The van der Waals surface area contributed by atoms with E-state index in [9.17, 15) is 9.18 Å². The molecule has 0 unspecified atom stereocenters. The minimum Gasteiger partial charge on any atom is -0.456 e. The number of hydrogen-bond acceptors (Lipinski definition) is 2. The first-order valence-corrected chi connectivity index (χ1v) is 5.89. The molecule has 18 heavy (non-hydrogen) atoms. The van der Waals surface area contributed by atoms with Crippen LogP contribution in [0.2, 0.25) is 0 Å². The van der Waals surface area contributed by atoms with Gasteiger partial charge in [0.1, 0.15) is 22.9 Å². The van der Waals surface area contributed by atoms with E-state index in [0.717, 1.165) is 6.07 Å². The third kappa shape index (κ3) is 2.68. The summed E-state index contributed by atoms with van der Waals surface area (Å²) in [6.07, 6.45) is 0. The van der Waals surface area contributed by atoms with E-state index < -0.39 is 11.7 Å². The highest BCUT2D eigenvalue weighted by Gasteiger charge is 2.17. The standard InChI is InChI=1S/C13H9BrFNO2/c14-8-6-10(15)12(13(16)17)11(7-8)18-9-4-2-1-3-5-9/h1-7H,(H2,16,17). The van der Waals surface area contributed by atoms with E-state index in [2.05, 4.69) is 15.9 Å². The van der Waals surface area contributed by atoms with E-state index in [4.69, 9.17) is 10.5 Å². The lowest BCUT2D eigenvalue weighted by atomic mass is 10.2. The van der Waals surface area contributed by atoms with Crippen molar-refractivity contribution in [1.29, 1.82) is 0 Å². The van der Waals surface area contributed by atoms with Crippen molar-refractivity contribution in [3.05, 3.63) is 58.3 Å². The van der Waals surface area contributed by atoms with Crippen LogP contribution >= 0.6 is 15.9 Å². The SMILES string of the molecule is NC(=O)c1c(F)cc(Br)cc1Oc1ccccc1. The number of rotatable bonds is 3. The normalized spacial score (nSPS) is 10.1. The zero-order valence-corrected chi connectivity index (χ0v) is 10.8. The van der Waals surface area contributed by atoms with Gasteiger partial charge in [-0.25, -0.2) is 4.39 Å². The second-order valence-electron chi connectivity index (χ2n) is 3.54. The first-order chi connectivity index (χ1) is 8.58. The molecule has 0 aliphatic carbocycles. The van der Waals surface area contributed by atoms with Crippen LogP contribution in [0.25, 0.3) is 0 Å². The summed E-state index contributed by atoms with van der Waals surface area (Å²) in [5.74, 6) is -1.01. The van der Waals surface area contributed by atoms with Gasteiger partial charge in [0.05, 0.1) is 0 Å². The molecular weight excluding hydrogens is 301 g/mol. The van der Waals surface area contributed by atoms with Crippen molar-refractivity contribution in [2.75, 3.05) is 0 Å². The second-order valence-corrected chi connectivity index (χ2v) is 4.46. The minimum atomic E-state index is -0.870. The van der Waals surface area contributed by atoms with Gasteiger partial charge in [-0.2, -0.15) is 0 Å². The van der Waals surface area contributed by atoms with E-state index in [1.165, 1.54) is 6.07 Å². The van der Waals surface area contributed by atoms with E-state index >= 15 is 0 Å². The molecule has 0 aliphatic rings. The zero-order chi connectivity index (χ0) is 13.1. The summed E-state index contributed by atoms with van der Waals surface area (Å²) in [7, 11) is 0.